The number of halogens is 1. The van der Waals surface area contributed by atoms with Gasteiger partial charge >= 0.3 is 0 Å². The average molecular weight is 452 g/mol. The highest BCUT2D eigenvalue weighted by atomic mass is 19.1. The predicted octanol–water partition coefficient (Wildman–Crippen LogP) is 4.30. The molecule has 5 nitrogen and oxygen atoms in total. The number of nitrogens with one attached hydrogen (secondary N) is 1. The summed E-state index contributed by atoms with van der Waals surface area (Å²) in [5.41, 5.74) is 2.56. The van der Waals surface area contributed by atoms with Crippen LogP contribution in [0.3, 0.4) is 0 Å². The molecule has 6 heteroatoms. The summed E-state index contributed by atoms with van der Waals surface area (Å²) in [5, 5.41) is 3.02. The molecule has 0 unspecified atom stereocenters. The van der Waals surface area contributed by atoms with Crippen LogP contribution in [0.4, 0.5) is 10.1 Å². The van der Waals surface area contributed by atoms with Crippen molar-refractivity contribution >= 4 is 17.5 Å². The number of nitrogens with zero attached hydrogens (tertiary/aromatic N) is 2. The first-order chi connectivity index (χ1) is 16.1. The molecule has 2 aliphatic rings. The molecule has 0 radical (unpaired) electrons. The molecule has 1 heterocycles. The average Bonchev–Trinajstić information content (AvgIpc) is 3.53. The monoisotopic (exact) mass is 451 g/mol. The van der Waals surface area contributed by atoms with Gasteiger partial charge < -0.3 is 15.1 Å². The summed E-state index contributed by atoms with van der Waals surface area (Å²) in [6.45, 7) is 4.19. The number of amides is 2. The first-order valence-electron chi connectivity index (χ1n) is 12.2. The van der Waals surface area contributed by atoms with E-state index in [0.717, 1.165) is 62.1 Å². The van der Waals surface area contributed by atoms with Crippen LogP contribution in [0.1, 0.15) is 49.7 Å². The van der Waals surface area contributed by atoms with E-state index >= 15 is 0 Å². The molecule has 2 fully saturated rings. The lowest BCUT2D eigenvalue weighted by Crippen LogP contribution is -2.35. The van der Waals surface area contributed by atoms with Crippen molar-refractivity contribution in [1.29, 1.82) is 0 Å². The smallest absolute Gasteiger partial charge is 0.230 e. The van der Waals surface area contributed by atoms with Crippen LogP contribution in [0.2, 0.25) is 0 Å². The van der Waals surface area contributed by atoms with Gasteiger partial charge in [-0.25, -0.2) is 4.39 Å². The topological polar surface area (TPSA) is 52.7 Å². The number of carbonyl (C=O) groups excluding carboxylic acids is 2. The van der Waals surface area contributed by atoms with Gasteiger partial charge in [0.2, 0.25) is 11.8 Å². The van der Waals surface area contributed by atoms with Crippen LogP contribution in [0.5, 0.6) is 0 Å². The van der Waals surface area contributed by atoms with Crippen molar-refractivity contribution in [3.8, 4) is 0 Å². The summed E-state index contributed by atoms with van der Waals surface area (Å²) >= 11 is 0. The Balaban J connectivity index is 1.43. The Labute approximate surface area is 196 Å². The van der Waals surface area contributed by atoms with E-state index in [-0.39, 0.29) is 30.0 Å². The predicted molar refractivity (Wildman–Crippen MR) is 128 cm³/mol. The molecule has 1 saturated heterocycles. The molecule has 1 aliphatic heterocycles. The third-order valence-corrected chi connectivity index (χ3v) is 6.76. The second-order valence-corrected chi connectivity index (χ2v) is 9.28. The van der Waals surface area contributed by atoms with Gasteiger partial charge in [-0.1, -0.05) is 37.1 Å². The van der Waals surface area contributed by atoms with Gasteiger partial charge in [0.1, 0.15) is 5.82 Å². The first-order valence-corrected chi connectivity index (χ1v) is 12.2. The maximum absolute atomic E-state index is 13.4. The normalized spacial score (nSPS) is 16.8. The first kappa shape index (κ1) is 23.4. The van der Waals surface area contributed by atoms with E-state index in [4.69, 9.17) is 0 Å². The Kier molecular flexibility index (Phi) is 8.10. The molecular formula is C27H34FN3O2. The molecule has 0 aromatic heterocycles. The quantitative estimate of drug-likeness (QED) is 0.618. The SMILES string of the molecule is O=C(Cc1cccc(N(Cc2ccc(F)cc2)C(=O)C2CCCC2)c1)NCCN1CCCC1. The van der Waals surface area contributed by atoms with Gasteiger partial charge in [-0.15, -0.1) is 0 Å². The Morgan fingerprint density at radius 2 is 1.70 bits per heavy atom. The molecule has 0 atom stereocenters. The van der Waals surface area contributed by atoms with E-state index < -0.39 is 0 Å². The van der Waals surface area contributed by atoms with Crippen LogP contribution >= 0.6 is 0 Å². The van der Waals surface area contributed by atoms with Crippen LogP contribution in [-0.4, -0.2) is 42.9 Å². The van der Waals surface area contributed by atoms with Crippen LogP contribution in [0, 0.1) is 11.7 Å². The highest BCUT2D eigenvalue weighted by Crippen LogP contribution is 2.30. The Morgan fingerprint density at radius 1 is 0.970 bits per heavy atom. The number of likely N-dealkylation sites (tertiary alicyclic amines) is 1. The minimum atomic E-state index is -0.287. The van der Waals surface area contributed by atoms with E-state index in [2.05, 4.69) is 10.2 Å². The third kappa shape index (κ3) is 6.64. The zero-order chi connectivity index (χ0) is 23.0. The molecule has 1 N–H and O–H groups in total. The molecule has 176 valence electrons. The summed E-state index contributed by atoms with van der Waals surface area (Å²) in [4.78, 5) is 30.1. The maximum atomic E-state index is 13.4. The van der Waals surface area contributed by atoms with Crippen molar-refractivity contribution < 1.29 is 14.0 Å². The van der Waals surface area contributed by atoms with E-state index in [1.165, 1.54) is 25.0 Å². The highest BCUT2D eigenvalue weighted by molar-refractivity contribution is 5.95. The van der Waals surface area contributed by atoms with Crippen molar-refractivity contribution in [1.82, 2.24) is 10.2 Å². The number of benzene rings is 2. The minimum absolute atomic E-state index is 0.00134. The van der Waals surface area contributed by atoms with Crippen molar-refractivity contribution in [3.63, 3.8) is 0 Å². The molecule has 2 aromatic rings. The lowest BCUT2D eigenvalue weighted by Gasteiger charge is -2.26. The summed E-state index contributed by atoms with van der Waals surface area (Å²) in [7, 11) is 0. The van der Waals surface area contributed by atoms with Crippen LogP contribution in [0.15, 0.2) is 48.5 Å². The van der Waals surface area contributed by atoms with Gasteiger partial charge in [0.05, 0.1) is 13.0 Å². The van der Waals surface area contributed by atoms with E-state index in [1.807, 2.05) is 24.3 Å². The number of carbonyl (C=O) groups is 2. The summed E-state index contributed by atoms with van der Waals surface area (Å²) in [6.07, 6.45) is 6.77. The van der Waals surface area contributed by atoms with Gasteiger partial charge in [0.25, 0.3) is 0 Å². The van der Waals surface area contributed by atoms with Crippen molar-refractivity contribution in [2.24, 2.45) is 5.92 Å². The largest absolute Gasteiger partial charge is 0.355 e. The Hall–Kier alpha value is -2.73. The van der Waals surface area contributed by atoms with Gasteiger partial charge in [-0.2, -0.15) is 0 Å². The van der Waals surface area contributed by atoms with Crippen LogP contribution in [0.25, 0.3) is 0 Å². The number of hydrogen-bond donors (Lipinski definition) is 1. The van der Waals surface area contributed by atoms with Gasteiger partial charge in [0, 0.05) is 24.7 Å². The molecule has 2 amide bonds. The molecule has 1 aliphatic carbocycles. The fourth-order valence-electron chi connectivity index (χ4n) is 4.90. The molecular weight excluding hydrogens is 417 g/mol. The van der Waals surface area contributed by atoms with Crippen LogP contribution in [-0.2, 0) is 22.6 Å². The van der Waals surface area contributed by atoms with Gasteiger partial charge in [-0.3, -0.25) is 9.59 Å². The Morgan fingerprint density at radius 3 is 2.42 bits per heavy atom. The zero-order valence-electron chi connectivity index (χ0n) is 19.3. The summed E-state index contributed by atoms with van der Waals surface area (Å²) in [5.74, 6) is -0.143. The second-order valence-electron chi connectivity index (χ2n) is 9.28. The fourth-order valence-corrected chi connectivity index (χ4v) is 4.90. The summed E-state index contributed by atoms with van der Waals surface area (Å²) in [6, 6.07) is 14.0. The molecule has 2 aromatic carbocycles. The van der Waals surface area contributed by atoms with Crippen molar-refractivity contribution in [3.05, 3.63) is 65.5 Å². The van der Waals surface area contributed by atoms with Crippen LogP contribution < -0.4 is 10.2 Å². The number of anilines is 1. The zero-order valence-corrected chi connectivity index (χ0v) is 19.3. The minimum Gasteiger partial charge on any atom is -0.355 e. The van der Waals surface area contributed by atoms with Crippen molar-refractivity contribution in [2.75, 3.05) is 31.1 Å². The van der Waals surface area contributed by atoms with Gasteiger partial charge in [-0.05, 0) is 74.2 Å². The molecule has 4 rings (SSSR count). The lowest BCUT2D eigenvalue weighted by molar-refractivity contribution is -0.122. The van der Waals surface area contributed by atoms with E-state index in [1.54, 1.807) is 17.0 Å². The summed E-state index contributed by atoms with van der Waals surface area (Å²) < 4.78 is 13.4. The molecule has 0 bridgehead atoms. The lowest BCUT2D eigenvalue weighted by atomic mass is 10.0. The highest BCUT2D eigenvalue weighted by Gasteiger charge is 2.28. The number of rotatable bonds is 9. The molecule has 1 saturated carbocycles. The van der Waals surface area contributed by atoms with E-state index in [0.29, 0.717) is 13.1 Å². The third-order valence-electron chi connectivity index (χ3n) is 6.76. The van der Waals surface area contributed by atoms with Crippen molar-refractivity contribution in [2.45, 2.75) is 51.5 Å². The second kappa shape index (κ2) is 11.4. The molecule has 0 spiro atoms. The Bertz CT molecular complexity index is 935. The van der Waals surface area contributed by atoms with Gasteiger partial charge in [0.15, 0.2) is 0 Å². The van der Waals surface area contributed by atoms with E-state index in [9.17, 15) is 14.0 Å². The maximum Gasteiger partial charge on any atom is 0.230 e. The standard InChI is InChI=1S/C27H34FN3O2/c28-24-12-10-21(11-13-24)20-31(27(33)23-7-1-2-8-23)25-9-5-6-22(18-25)19-26(32)29-14-17-30-15-3-4-16-30/h5-6,9-13,18,23H,1-4,7-8,14-17,19-20H2,(H,29,32). The molecule has 33 heavy (non-hydrogen) atoms. The fraction of sp³-hybridized carbons (Fsp3) is 0.481. The number of hydrogen-bond acceptors (Lipinski definition) is 3.